The molecule has 0 aromatic carbocycles. The number of aromatic amines is 1. The molecule has 2 aromatic rings. The normalized spacial score (nSPS) is 11.7. The zero-order chi connectivity index (χ0) is 15.4. The molecule has 2 aromatic heterocycles. The highest BCUT2D eigenvalue weighted by atomic mass is 16.3. The number of anilines is 1. The Bertz CT molecular complexity index is 723. The first-order valence-corrected chi connectivity index (χ1v) is 6.50. The van der Waals surface area contributed by atoms with E-state index < -0.39 is 6.10 Å². The second kappa shape index (κ2) is 6.20. The van der Waals surface area contributed by atoms with Crippen LogP contribution in [-0.4, -0.2) is 21.6 Å². The fraction of sp³-hybridized carbons (Fsp3) is 0.267. The van der Waals surface area contributed by atoms with E-state index in [1.807, 2.05) is 6.92 Å². The van der Waals surface area contributed by atoms with Gasteiger partial charge in [-0.25, -0.2) is 4.98 Å². The van der Waals surface area contributed by atoms with Crippen molar-refractivity contribution in [2.75, 3.05) is 11.9 Å². The number of nitrogens with one attached hydrogen (secondary N) is 2. The minimum absolute atomic E-state index is 0.206. The Balaban J connectivity index is 2.10. The summed E-state index contributed by atoms with van der Waals surface area (Å²) in [5.74, 6) is 0.585. The van der Waals surface area contributed by atoms with Crippen LogP contribution in [0.2, 0.25) is 0 Å². The summed E-state index contributed by atoms with van der Waals surface area (Å²) in [6.45, 7) is 3.81. The van der Waals surface area contributed by atoms with E-state index in [-0.39, 0.29) is 12.1 Å². The van der Waals surface area contributed by atoms with Crippen molar-refractivity contribution in [1.29, 1.82) is 5.26 Å². The molecule has 1 unspecified atom stereocenters. The lowest BCUT2D eigenvalue weighted by atomic mass is 10.1. The van der Waals surface area contributed by atoms with E-state index in [4.69, 9.17) is 5.26 Å². The molecule has 0 amide bonds. The van der Waals surface area contributed by atoms with Crippen molar-refractivity contribution in [2.45, 2.75) is 20.0 Å². The van der Waals surface area contributed by atoms with Crippen LogP contribution in [0.3, 0.4) is 0 Å². The molecule has 6 nitrogen and oxygen atoms in total. The third-order valence-electron chi connectivity index (χ3n) is 3.14. The van der Waals surface area contributed by atoms with Crippen LogP contribution in [0.4, 0.5) is 5.82 Å². The van der Waals surface area contributed by atoms with Gasteiger partial charge in [0.15, 0.2) is 0 Å². The lowest BCUT2D eigenvalue weighted by Gasteiger charge is -2.13. The standard InChI is InChI=1S/C15H16N4O2/c1-9-6-14(18-10(2)11(9)7-16)17-8-13(20)12-4-3-5-15(21)19-12/h3-6,13,20H,8H2,1-2H3,(H,17,18)(H,19,21). The van der Waals surface area contributed by atoms with Gasteiger partial charge >= 0.3 is 0 Å². The minimum Gasteiger partial charge on any atom is -0.385 e. The molecular weight excluding hydrogens is 268 g/mol. The summed E-state index contributed by atoms with van der Waals surface area (Å²) in [7, 11) is 0. The molecule has 1 atom stereocenters. The molecule has 0 aliphatic heterocycles. The molecule has 0 fully saturated rings. The number of hydrogen-bond donors (Lipinski definition) is 3. The highest BCUT2D eigenvalue weighted by molar-refractivity contribution is 5.48. The van der Waals surface area contributed by atoms with Gasteiger partial charge in [0.2, 0.25) is 5.56 Å². The second-order valence-electron chi connectivity index (χ2n) is 4.76. The summed E-state index contributed by atoms with van der Waals surface area (Å²) in [6.07, 6.45) is -0.850. The summed E-state index contributed by atoms with van der Waals surface area (Å²) < 4.78 is 0. The SMILES string of the molecule is Cc1cc(NCC(O)c2cccc(=O)[nH]2)nc(C)c1C#N. The first-order valence-electron chi connectivity index (χ1n) is 6.50. The predicted octanol–water partition coefficient (Wildman–Crippen LogP) is 1.40. The molecular formula is C15H16N4O2. The van der Waals surface area contributed by atoms with Crippen LogP contribution in [0.5, 0.6) is 0 Å². The molecule has 0 bridgehead atoms. The van der Waals surface area contributed by atoms with Gasteiger partial charge in [0.1, 0.15) is 18.0 Å². The molecule has 0 saturated carbocycles. The molecule has 2 rings (SSSR count). The monoisotopic (exact) mass is 284 g/mol. The van der Waals surface area contributed by atoms with E-state index >= 15 is 0 Å². The van der Waals surface area contributed by atoms with Crippen molar-refractivity contribution < 1.29 is 5.11 Å². The lowest BCUT2D eigenvalue weighted by molar-refractivity contribution is 0.186. The van der Waals surface area contributed by atoms with E-state index in [1.165, 1.54) is 6.07 Å². The Kier molecular flexibility index (Phi) is 4.36. The van der Waals surface area contributed by atoms with E-state index in [1.54, 1.807) is 25.1 Å². The zero-order valence-electron chi connectivity index (χ0n) is 11.8. The minimum atomic E-state index is -0.850. The second-order valence-corrected chi connectivity index (χ2v) is 4.76. The Morgan fingerprint density at radius 2 is 2.24 bits per heavy atom. The van der Waals surface area contributed by atoms with Gasteiger partial charge in [-0.2, -0.15) is 5.26 Å². The van der Waals surface area contributed by atoms with E-state index in [9.17, 15) is 9.90 Å². The van der Waals surface area contributed by atoms with Gasteiger partial charge < -0.3 is 15.4 Å². The topological polar surface area (TPSA) is 102 Å². The van der Waals surface area contributed by atoms with Crippen LogP contribution in [0, 0.1) is 25.2 Å². The van der Waals surface area contributed by atoms with Crippen molar-refractivity contribution in [3.63, 3.8) is 0 Å². The molecule has 0 saturated heterocycles. The van der Waals surface area contributed by atoms with Crippen LogP contribution in [-0.2, 0) is 0 Å². The average Bonchev–Trinajstić information content (AvgIpc) is 2.44. The van der Waals surface area contributed by atoms with Gasteiger partial charge in [-0.1, -0.05) is 6.07 Å². The van der Waals surface area contributed by atoms with Crippen LogP contribution in [0.15, 0.2) is 29.1 Å². The molecule has 6 heteroatoms. The number of aromatic nitrogens is 2. The summed E-state index contributed by atoms with van der Waals surface area (Å²) in [4.78, 5) is 18.0. The quantitative estimate of drug-likeness (QED) is 0.787. The molecule has 0 aliphatic rings. The Hall–Kier alpha value is -2.65. The van der Waals surface area contributed by atoms with Crippen molar-refractivity contribution in [3.05, 3.63) is 57.1 Å². The number of aryl methyl sites for hydroxylation is 2. The van der Waals surface area contributed by atoms with Gasteiger partial charge in [-0.05, 0) is 31.5 Å². The Morgan fingerprint density at radius 3 is 2.86 bits per heavy atom. The van der Waals surface area contributed by atoms with E-state index in [2.05, 4.69) is 21.4 Å². The smallest absolute Gasteiger partial charge is 0.248 e. The van der Waals surface area contributed by atoms with Crippen molar-refractivity contribution in [3.8, 4) is 6.07 Å². The van der Waals surface area contributed by atoms with Gasteiger partial charge in [-0.15, -0.1) is 0 Å². The number of rotatable bonds is 4. The molecule has 2 heterocycles. The summed E-state index contributed by atoms with van der Waals surface area (Å²) in [5.41, 5.74) is 2.22. The third-order valence-corrected chi connectivity index (χ3v) is 3.14. The third kappa shape index (κ3) is 3.46. The average molecular weight is 284 g/mol. The predicted molar refractivity (Wildman–Crippen MR) is 78.9 cm³/mol. The number of aliphatic hydroxyl groups is 1. The molecule has 0 aliphatic carbocycles. The number of aliphatic hydroxyl groups excluding tert-OH is 1. The first kappa shape index (κ1) is 14.8. The van der Waals surface area contributed by atoms with E-state index in [0.29, 0.717) is 22.8 Å². The zero-order valence-corrected chi connectivity index (χ0v) is 11.8. The van der Waals surface area contributed by atoms with Gasteiger partial charge in [0.25, 0.3) is 0 Å². The van der Waals surface area contributed by atoms with Crippen LogP contribution in [0.1, 0.15) is 28.6 Å². The fourth-order valence-electron chi connectivity index (χ4n) is 2.06. The number of nitriles is 1. The van der Waals surface area contributed by atoms with Crippen molar-refractivity contribution in [1.82, 2.24) is 9.97 Å². The number of hydrogen-bond acceptors (Lipinski definition) is 5. The van der Waals surface area contributed by atoms with Crippen LogP contribution < -0.4 is 10.9 Å². The number of H-pyrrole nitrogens is 1. The molecule has 3 N–H and O–H groups in total. The number of pyridine rings is 2. The summed E-state index contributed by atoms with van der Waals surface area (Å²) in [5, 5.41) is 22.0. The fourth-order valence-corrected chi connectivity index (χ4v) is 2.06. The Labute approximate surface area is 122 Å². The molecule has 108 valence electrons. The maximum Gasteiger partial charge on any atom is 0.248 e. The van der Waals surface area contributed by atoms with Gasteiger partial charge in [0.05, 0.1) is 11.3 Å². The van der Waals surface area contributed by atoms with Crippen molar-refractivity contribution >= 4 is 5.82 Å². The summed E-state index contributed by atoms with van der Waals surface area (Å²) >= 11 is 0. The van der Waals surface area contributed by atoms with Crippen LogP contribution >= 0.6 is 0 Å². The van der Waals surface area contributed by atoms with Gasteiger partial charge in [0, 0.05) is 18.3 Å². The highest BCUT2D eigenvalue weighted by Crippen LogP contribution is 2.16. The first-order chi connectivity index (χ1) is 10.0. The Morgan fingerprint density at radius 1 is 1.48 bits per heavy atom. The maximum absolute atomic E-state index is 11.2. The molecule has 0 spiro atoms. The van der Waals surface area contributed by atoms with Gasteiger partial charge in [-0.3, -0.25) is 4.79 Å². The van der Waals surface area contributed by atoms with Crippen molar-refractivity contribution in [2.24, 2.45) is 0 Å². The number of nitrogens with zero attached hydrogens (tertiary/aromatic N) is 2. The largest absolute Gasteiger partial charge is 0.385 e. The van der Waals surface area contributed by atoms with Crippen LogP contribution in [0.25, 0.3) is 0 Å². The lowest BCUT2D eigenvalue weighted by Crippen LogP contribution is -2.17. The molecule has 21 heavy (non-hydrogen) atoms. The molecule has 0 radical (unpaired) electrons. The highest BCUT2D eigenvalue weighted by Gasteiger charge is 2.10. The van der Waals surface area contributed by atoms with E-state index in [0.717, 1.165) is 5.56 Å². The maximum atomic E-state index is 11.2. The summed E-state index contributed by atoms with van der Waals surface area (Å²) in [6, 6.07) is 8.49.